The molecule has 0 bridgehead atoms. The van der Waals surface area contributed by atoms with Gasteiger partial charge in [0.1, 0.15) is 0 Å². The molecular formula is C13H16. The van der Waals surface area contributed by atoms with Crippen LogP contribution in [0, 0.1) is 11.8 Å². The van der Waals surface area contributed by atoms with Crippen LogP contribution in [-0.2, 0) is 0 Å². The Morgan fingerprint density at radius 2 is 2.00 bits per heavy atom. The lowest BCUT2D eigenvalue weighted by atomic mass is 9.70. The van der Waals surface area contributed by atoms with Crippen molar-refractivity contribution in [1.29, 1.82) is 0 Å². The first kappa shape index (κ1) is 7.61. The van der Waals surface area contributed by atoms with Gasteiger partial charge < -0.3 is 0 Å². The van der Waals surface area contributed by atoms with Gasteiger partial charge in [0.25, 0.3) is 0 Å². The quantitative estimate of drug-likeness (QED) is 0.489. The summed E-state index contributed by atoms with van der Waals surface area (Å²) in [6.07, 6.45) is 16.2. The molecule has 0 heterocycles. The average molecular weight is 172 g/mol. The molecular weight excluding hydrogens is 156 g/mol. The Morgan fingerprint density at radius 1 is 1.08 bits per heavy atom. The molecule has 3 aliphatic carbocycles. The maximum Gasteiger partial charge on any atom is -0.0127 e. The van der Waals surface area contributed by atoms with Gasteiger partial charge in [-0.25, -0.2) is 0 Å². The largest absolute Gasteiger partial charge is 0.0882 e. The van der Waals surface area contributed by atoms with Crippen LogP contribution in [0.5, 0.6) is 0 Å². The predicted molar refractivity (Wildman–Crippen MR) is 55.4 cm³/mol. The van der Waals surface area contributed by atoms with E-state index >= 15 is 0 Å². The van der Waals surface area contributed by atoms with E-state index in [1.165, 1.54) is 32.1 Å². The molecule has 0 aromatic heterocycles. The second-order valence-electron chi connectivity index (χ2n) is 4.51. The van der Waals surface area contributed by atoms with Crippen molar-refractivity contribution in [3.8, 4) is 0 Å². The summed E-state index contributed by atoms with van der Waals surface area (Å²) in [5, 5.41) is 0. The first-order chi connectivity index (χ1) is 6.45. The minimum Gasteiger partial charge on any atom is -0.0882 e. The standard InChI is InChI=1S/C13H16/c1-2-6-12-10(4-1)8-9-11-5-3-7-13(11)12/h1-3,5,10,12H,4,6-9H2. The second kappa shape index (κ2) is 2.87. The molecule has 13 heavy (non-hydrogen) atoms. The van der Waals surface area contributed by atoms with Crippen LogP contribution in [0.2, 0.25) is 0 Å². The summed E-state index contributed by atoms with van der Waals surface area (Å²) in [6, 6.07) is 0. The summed E-state index contributed by atoms with van der Waals surface area (Å²) in [6.45, 7) is 0. The van der Waals surface area contributed by atoms with E-state index < -0.39 is 0 Å². The maximum absolute atomic E-state index is 2.38. The molecule has 3 rings (SSSR count). The normalized spacial score (nSPS) is 36.3. The molecule has 0 saturated heterocycles. The molecule has 0 fully saturated rings. The van der Waals surface area contributed by atoms with E-state index in [1.54, 1.807) is 11.1 Å². The topological polar surface area (TPSA) is 0 Å². The molecule has 0 spiro atoms. The number of hydrogen-bond acceptors (Lipinski definition) is 0. The fraction of sp³-hybridized carbons (Fsp3) is 0.538. The van der Waals surface area contributed by atoms with E-state index in [4.69, 9.17) is 0 Å². The van der Waals surface area contributed by atoms with Gasteiger partial charge in [-0.15, -0.1) is 0 Å². The van der Waals surface area contributed by atoms with Crippen molar-refractivity contribution in [2.24, 2.45) is 11.8 Å². The van der Waals surface area contributed by atoms with E-state index in [9.17, 15) is 0 Å². The highest BCUT2D eigenvalue weighted by molar-refractivity contribution is 5.38. The number of allylic oxidation sites excluding steroid dienone is 6. The summed E-state index contributed by atoms with van der Waals surface area (Å²) in [5.41, 5.74) is 3.46. The summed E-state index contributed by atoms with van der Waals surface area (Å²) >= 11 is 0. The van der Waals surface area contributed by atoms with Gasteiger partial charge in [0.2, 0.25) is 0 Å². The number of fused-ring (bicyclic) bond motifs is 2. The van der Waals surface area contributed by atoms with Gasteiger partial charge in [-0.1, -0.05) is 29.9 Å². The van der Waals surface area contributed by atoms with Crippen molar-refractivity contribution < 1.29 is 0 Å². The Bertz CT molecular complexity index is 304. The van der Waals surface area contributed by atoms with E-state index in [-0.39, 0.29) is 0 Å². The number of hydrogen-bond donors (Lipinski definition) is 0. The fourth-order valence-electron chi connectivity index (χ4n) is 3.16. The molecule has 0 radical (unpaired) electrons. The summed E-state index contributed by atoms with van der Waals surface area (Å²) < 4.78 is 0. The molecule has 0 nitrogen and oxygen atoms in total. The van der Waals surface area contributed by atoms with Crippen LogP contribution in [0.3, 0.4) is 0 Å². The lowest BCUT2D eigenvalue weighted by Gasteiger charge is -2.34. The van der Waals surface area contributed by atoms with Crippen LogP contribution < -0.4 is 0 Å². The molecule has 68 valence electrons. The Kier molecular flexibility index (Phi) is 1.68. The van der Waals surface area contributed by atoms with Crippen LogP contribution >= 0.6 is 0 Å². The maximum atomic E-state index is 2.38. The van der Waals surface area contributed by atoms with Gasteiger partial charge in [0, 0.05) is 0 Å². The lowest BCUT2D eigenvalue weighted by molar-refractivity contribution is 0.324. The van der Waals surface area contributed by atoms with Crippen molar-refractivity contribution in [3.63, 3.8) is 0 Å². The van der Waals surface area contributed by atoms with Crippen LogP contribution in [0.4, 0.5) is 0 Å². The summed E-state index contributed by atoms with van der Waals surface area (Å²) in [5.74, 6) is 1.88. The van der Waals surface area contributed by atoms with E-state index in [0.717, 1.165) is 11.8 Å². The van der Waals surface area contributed by atoms with Crippen molar-refractivity contribution in [3.05, 3.63) is 35.5 Å². The second-order valence-corrected chi connectivity index (χ2v) is 4.51. The zero-order valence-electron chi connectivity index (χ0n) is 8.00. The summed E-state index contributed by atoms with van der Waals surface area (Å²) in [4.78, 5) is 0. The van der Waals surface area contributed by atoms with Crippen LogP contribution in [0.1, 0.15) is 32.1 Å². The van der Waals surface area contributed by atoms with Crippen LogP contribution in [0.15, 0.2) is 35.5 Å². The van der Waals surface area contributed by atoms with Gasteiger partial charge in [-0.2, -0.15) is 0 Å². The average Bonchev–Trinajstić information content (AvgIpc) is 2.65. The van der Waals surface area contributed by atoms with Crippen molar-refractivity contribution in [2.45, 2.75) is 32.1 Å². The lowest BCUT2D eigenvalue weighted by Crippen LogP contribution is -2.22. The highest BCUT2D eigenvalue weighted by Crippen LogP contribution is 2.45. The zero-order valence-corrected chi connectivity index (χ0v) is 8.00. The molecule has 0 aromatic rings. The van der Waals surface area contributed by atoms with Crippen LogP contribution in [0.25, 0.3) is 0 Å². The van der Waals surface area contributed by atoms with Gasteiger partial charge in [-0.3, -0.25) is 0 Å². The van der Waals surface area contributed by atoms with Gasteiger partial charge in [-0.05, 0) is 49.5 Å². The Labute approximate surface area is 80.0 Å². The Hall–Kier alpha value is -0.780. The van der Waals surface area contributed by atoms with Gasteiger partial charge in [0.15, 0.2) is 0 Å². The first-order valence-electron chi connectivity index (χ1n) is 5.48. The smallest absolute Gasteiger partial charge is 0.0127 e. The zero-order chi connectivity index (χ0) is 8.67. The molecule has 0 amide bonds. The first-order valence-corrected chi connectivity index (χ1v) is 5.48. The molecule has 0 heteroatoms. The van der Waals surface area contributed by atoms with Crippen molar-refractivity contribution in [2.75, 3.05) is 0 Å². The summed E-state index contributed by atoms with van der Waals surface area (Å²) in [7, 11) is 0. The molecule has 0 aromatic carbocycles. The molecule has 0 saturated carbocycles. The van der Waals surface area contributed by atoms with E-state index in [1.807, 2.05) is 0 Å². The monoisotopic (exact) mass is 172 g/mol. The molecule has 3 aliphatic rings. The SMILES string of the molecule is C1=CC2=C(C1)C1CC=CCC1CC2. The number of rotatable bonds is 0. The third kappa shape index (κ3) is 1.12. The third-order valence-electron chi connectivity index (χ3n) is 3.87. The highest BCUT2D eigenvalue weighted by atomic mass is 14.4. The minimum absolute atomic E-state index is 0.906. The minimum atomic E-state index is 0.906. The molecule has 0 N–H and O–H groups in total. The predicted octanol–water partition coefficient (Wildman–Crippen LogP) is 3.62. The van der Waals surface area contributed by atoms with Crippen molar-refractivity contribution >= 4 is 0 Å². The van der Waals surface area contributed by atoms with E-state index in [2.05, 4.69) is 24.3 Å². The fourth-order valence-corrected chi connectivity index (χ4v) is 3.16. The van der Waals surface area contributed by atoms with Crippen LogP contribution in [-0.4, -0.2) is 0 Å². The third-order valence-corrected chi connectivity index (χ3v) is 3.87. The Morgan fingerprint density at radius 3 is 3.00 bits per heavy atom. The van der Waals surface area contributed by atoms with Gasteiger partial charge in [0.05, 0.1) is 0 Å². The molecule has 2 atom stereocenters. The van der Waals surface area contributed by atoms with Crippen molar-refractivity contribution in [1.82, 2.24) is 0 Å². The molecule has 0 aliphatic heterocycles. The van der Waals surface area contributed by atoms with Gasteiger partial charge >= 0.3 is 0 Å². The highest BCUT2D eigenvalue weighted by Gasteiger charge is 2.31. The molecule has 2 unspecified atom stereocenters. The van der Waals surface area contributed by atoms with E-state index in [0.29, 0.717) is 0 Å². The Balaban J connectivity index is 1.94.